The van der Waals surface area contributed by atoms with Crippen molar-refractivity contribution in [3.05, 3.63) is 33.6 Å². The lowest BCUT2D eigenvalue weighted by molar-refractivity contribution is 0.0944. The molecule has 0 atom stereocenters. The van der Waals surface area contributed by atoms with Gasteiger partial charge in [0.2, 0.25) is 0 Å². The predicted octanol–water partition coefficient (Wildman–Crippen LogP) is 1.47. The van der Waals surface area contributed by atoms with Gasteiger partial charge >= 0.3 is 0 Å². The van der Waals surface area contributed by atoms with E-state index in [2.05, 4.69) is 21.8 Å². The van der Waals surface area contributed by atoms with Gasteiger partial charge < -0.3 is 0 Å². The molecule has 0 aliphatic rings. The summed E-state index contributed by atoms with van der Waals surface area (Å²) in [7, 11) is 0. The van der Waals surface area contributed by atoms with E-state index >= 15 is 0 Å². The summed E-state index contributed by atoms with van der Waals surface area (Å²) < 4.78 is 38.4. The van der Waals surface area contributed by atoms with Crippen LogP contribution in [0.1, 0.15) is 10.4 Å². The van der Waals surface area contributed by atoms with Crippen LogP contribution in [0.4, 0.5) is 13.2 Å². The van der Waals surface area contributed by atoms with Crippen LogP contribution in [-0.2, 0) is 0 Å². The van der Waals surface area contributed by atoms with Crippen molar-refractivity contribution in [3.63, 3.8) is 0 Å². The Kier molecular flexibility index (Phi) is 3.12. The number of benzene rings is 1. The molecule has 3 nitrogen and oxygen atoms in total. The van der Waals surface area contributed by atoms with Crippen LogP contribution in [0.3, 0.4) is 0 Å². The Morgan fingerprint density at radius 3 is 2.43 bits per heavy atom. The fourth-order valence-corrected chi connectivity index (χ4v) is 1.24. The average Bonchev–Trinajstić information content (AvgIpc) is 2.15. The number of carbonyl (C=O) groups is 1. The minimum atomic E-state index is -1.58. The Labute approximate surface area is 85.2 Å². The van der Waals surface area contributed by atoms with E-state index in [0.717, 1.165) is 0 Å². The zero-order chi connectivity index (χ0) is 10.9. The van der Waals surface area contributed by atoms with E-state index in [9.17, 15) is 18.0 Å². The van der Waals surface area contributed by atoms with Crippen LogP contribution in [0.5, 0.6) is 0 Å². The van der Waals surface area contributed by atoms with Crippen molar-refractivity contribution in [2.24, 2.45) is 5.84 Å². The molecular formula is C7H4BrF3N2O. The second kappa shape index (κ2) is 3.97. The number of nitrogens with two attached hydrogens (primary N) is 1. The standard InChI is InChI=1S/C7H4BrF3N2O/c8-2-1-3(9)6(11)4(5(2)10)7(14)13-12/h1H,12H2,(H,13,14). The number of rotatable bonds is 1. The number of nitrogens with one attached hydrogen (secondary N) is 1. The van der Waals surface area contributed by atoms with Crippen molar-refractivity contribution < 1.29 is 18.0 Å². The molecule has 1 aromatic carbocycles. The molecule has 0 fully saturated rings. The zero-order valence-corrected chi connectivity index (χ0v) is 8.16. The maximum absolute atomic E-state index is 13.1. The van der Waals surface area contributed by atoms with Crippen molar-refractivity contribution >= 4 is 21.8 Å². The van der Waals surface area contributed by atoms with Gasteiger partial charge in [-0.2, -0.15) is 0 Å². The van der Waals surface area contributed by atoms with Gasteiger partial charge in [-0.3, -0.25) is 10.2 Å². The van der Waals surface area contributed by atoms with E-state index in [1.54, 1.807) is 0 Å². The number of amides is 1. The van der Waals surface area contributed by atoms with Crippen molar-refractivity contribution in [1.82, 2.24) is 5.43 Å². The molecule has 0 bridgehead atoms. The molecule has 0 radical (unpaired) electrons. The van der Waals surface area contributed by atoms with Crippen LogP contribution >= 0.6 is 15.9 Å². The molecule has 0 saturated carbocycles. The van der Waals surface area contributed by atoms with Gasteiger partial charge in [-0.1, -0.05) is 0 Å². The number of nitrogen functional groups attached to an aromatic ring is 1. The van der Waals surface area contributed by atoms with Crippen LogP contribution in [0.2, 0.25) is 0 Å². The molecule has 0 heterocycles. The monoisotopic (exact) mass is 268 g/mol. The first-order valence-corrected chi connectivity index (χ1v) is 4.12. The number of hydrogen-bond donors (Lipinski definition) is 2. The zero-order valence-electron chi connectivity index (χ0n) is 6.57. The van der Waals surface area contributed by atoms with E-state index in [1.165, 1.54) is 5.43 Å². The molecule has 76 valence electrons. The predicted molar refractivity (Wildman–Crippen MR) is 45.7 cm³/mol. The first kappa shape index (κ1) is 11.0. The summed E-state index contributed by atoms with van der Waals surface area (Å²) in [4.78, 5) is 10.9. The minimum absolute atomic E-state index is 0.352. The Morgan fingerprint density at radius 1 is 1.36 bits per heavy atom. The van der Waals surface area contributed by atoms with Gasteiger partial charge in [0, 0.05) is 0 Å². The van der Waals surface area contributed by atoms with E-state index < -0.39 is 28.9 Å². The van der Waals surface area contributed by atoms with Gasteiger partial charge in [-0.15, -0.1) is 0 Å². The van der Waals surface area contributed by atoms with Crippen LogP contribution in [-0.4, -0.2) is 5.91 Å². The van der Waals surface area contributed by atoms with Gasteiger partial charge in [0.15, 0.2) is 17.5 Å². The summed E-state index contributed by atoms with van der Waals surface area (Å²) in [5, 5.41) is 0. The van der Waals surface area contributed by atoms with Gasteiger partial charge in [0.25, 0.3) is 5.91 Å². The van der Waals surface area contributed by atoms with Crippen molar-refractivity contribution in [1.29, 1.82) is 0 Å². The third-order valence-corrected chi connectivity index (χ3v) is 2.05. The Morgan fingerprint density at radius 2 is 1.93 bits per heavy atom. The molecule has 0 unspecified atom stereocenters. The summed E-state index contributed by atoms with van der Waals surface area (Å²) in [6.07, 6.45) is 0. The SMILES string of the molecule is NNC(=O)c1c(F)c(F)cc(Br)c1F. The third-order valence-electron chi connectivity index (χ3n) is 1.47. The molecular weight excluding hydrogens is 265 g/mol. The fraction of sp³-hybridized carbons (Fsp3) is 0. The van der Waals surface area contributed by atoms with E-state index in [4.69, 9.17) is 0 Å². The van der Waals surface area contributed by atoms with Crippen LogP contribution < -0.4 is 11.3 Å². The number of halogens is 4. The van der Waals surface area contributed by atoms with Crippen LogP contribution in [0.15, 0.2) is 10.5 Å². The van der Waals surface area contributed by atoms with Gasteiger partial charge in [-0.25, -0.2) is 19.0 Å². The summed E-state index contributed by atoms with van der Waals surface area (Å²) in [6.45, 7) is 0. The highest BCUT2D eigenvalue weighted by atomic mass is 79.9. The summed E-state index contributed by atoms with van der Waals surface area (Å²) >= 11 is 2.63. The molecule has 1 aromatic rings. The topological polar surface area (TPSA) is 55.1 Å². The third kappa shape index (κ3) is 1.73. The van der Waals surface area contributed by atoms with Gasteiger partial charge in [-0.05, 0) is 22.0 Å². The van der Waals surface area contributed by atoms with Gasteiger partial charge in [0.05, 0.1) is 4.47 Å². The Balaban J connectivity index is 3.47. The molecule has 0 aliphatic heterocycles. The molecule has 1 amide bonds. The maximum atomic E-state index is 13.1. The lowest BCUT2D eigenvalue weighted by Crippen LogP contribution is -2.32. The highest BCUT2D eigenvalue weighted by Crippen LogP contribution is 2.23. The van der Waals surface area contributed by atoms with Crippen molar-refractivity contribution in [3.8, 4) is 0 Å². The van der Waals surface area contributed by atoms with E-state index in [-0.39, 0.29) is 4.47 Å². The second-order valence-electron chi connectivity index (χ2n) is 2.32. The van der Waals surface area contributed by atoms with Crippen molar-refractivity contribution in [2.75, 3.05) is 0 Å². The average molecular weight is 269 g/mol. The summed E-state index contributed by atoms with van der Waals surface area (Å²) in [6, 6.07) is 0.581. The van der Waals surface area contributed by atoms with Crippen molar-refractivity contribution in [2.45, 2.75) is 0 Å². The lowest BCUT2D eigenvalue weighted by Gasteiger charge is -2.05. The number of carbonyl (C=O) groups excluding carboxylic acids is 1. The summed E-state index contributed by atoms with van der Waals surface area (Å²) in [5.74, 6) is -0.678. The minimum Gasteiger partial charge on any atom is -0.290 e. The number of hydrazine groups is 1. The summed E-state index contributed by atoms with van der Waals surface area (Å²) in [5.41, 5.74) is 0.455. The largest absolute Gasteiger partial charge is 0.290 e. The van der Waals surface area contributed by atoms with Gasteiger partial charge in [0.1, 0.15) is 5.56 Å². The maximum Gasteiger partial charge on any atom is 0.271 e. The highest BCUT2D eigenvalue weighted by Gasteiger charge is 2.22. The quantitative estimate of drug-likeness (QED) is 0.351. The number of hydrogen-bond acceptors (Lipinski definition) is 2. The Hall–Kier alpha value is -1.08. The lowest BCUT2D eigenvalue weighted by atomic mass is 10.2. The molecule has 3 N–H and O–H groups in total. The smallest absolute Gasteiger partial charge is 0.271 e. The van der Waals surface area contributed by atoms with Crippen LogP contribution in [0.25, 0.3) is 0 Å². The molecule has 1 rings (SSSR count). The first-order chi connectivity index (χ1) is 6.49. The molecule has 14 heavy (non-hydrogen) atoms. The Bertz CT molecular complexity index is 371. The normalized spacial score (nSPS) is 10.1. The molecule has 0 saturated heterocycles. The molecule has 0 aliphatic carbocycles. The van der Waals surface area contributed by atoms with Crippen LogP contribution in [0, 0.1) is 17.5 Å². The fourth-order valence-electron chi connectivity index (χ4n) is 0.845. The first-order valence-electron chi connectivity index (χ1n) is 3.33. The molecule has 0 spiro atoms. The van der Waals surface area contributed by atoms with E-state index in [0.29, 0.717) is 6.07 Å². The second-order valence-corrected chi connectivity index (χ2v) is 3.17. The molecule has 7 heteroatoms. The van der Waals surface area contributed by atoms with E-state index in [1.807, 2.05) is 0 Å². The molecule has 0 aromatic heterocycles. The highest BCUT2D eigenvalue weighted by molar-refractivity contribution is 9.10.